The average molecular weight is 294 g/mol. The van der Waals surface area contributed by atoms with Crippen LogP contribution in [0.3, 0.4) is 0 Å². The molecule has 0 saturated heterocycles. The molecule has 2 heterocycles. The van der Waals surface area contributed by atoms with Crippen molar-refractivity contribution in [3.8, 4) is 0 Å². The van der Waals surface area contributed by atoms with Gasteiger partial charge in [0.15, 0.2) is 5.65 Å². The molecule has 2 rings (SSSR count). The minimum atomic E-state index is -1.07. The third kappa shape index (κ3) is 3.11. The largest absolute Gasteiger partial charge is 0.478 e. The van der Waals surface area contributed by atoms with Crippen LogP contribution in [0.25, 0.3) is 11.0 Å². The Labute approximate surface area is 121 Å². The van der Waals surface area contributed by atoms with E-state index in [-0.39, 0.29) is 18.2 Å². The minimum absolute atomic E-state index is 0.0231. The Hall–Kier alpha value is -2.19. The van der Waals surface area contributed by atoms with Crippen molar-refractivity contribution in [3.05, 3.63) is 18.0 Å². The maximum atomic E-state index is 11.4. The van der Waals surface area contributed by atoms with Gasteiger partial charge in [0.05, 0.1) is 29.9 Å². The van der Waals surface area contributed by atoms with Crippen LogP contribution in [0.2, 0.25) is 0 Å². The number of hydrogen-bond acceptors (Lipinski definition) is 6. The predicted molar refractivity (Wildman–Crippen MR) is 76.5 cm³/mol. The molecular formula is C13H18N4O4. The highest BCUT2D eigenvalue weighted by atomic mass is 16.5. The molecule has 0 spiro atoms. The number of ether oxygens (including phenoxy) is 1. The number of pyridine rings is 1. The Morgan fingerprint density at radius 1 is 1.52 bits per heavy atom. The maximum Gasteiger partial charge on any atom is 0.339 e. The molecule has 0 saturated carbocycles. The van der Waals surface area contributed by atoms with Crippen molar-refractivity contribution in [3.63, 3.8) is 0 Å². The second-order valence-corrected chi connectivity index (χ2v) is 4.67. The van der Waals surface area contributed by atoms with Gasteiger partial charge in [0.1, 0.15) is 5.56 Å². The van der Waals surface area contributed by atoms with Gasteiger partial charge in [0.2, 0.25) is 0 Å². The normalized spacial score (nSPS) is 12.5. The standard InChI is InChI=1S/C13H18N4O4/c1-17-12-9(6-15-17)11(10(5-14-12)13(19)20)16-8(3-4-18)7-21-2/h5-6,8,18H,3-4,7H2,1-2H3,(H,14,16)(H,19,20). The Morgan fingerprint density at radius 3 is 2.90 bits per heavy atom. The lowest BCUT2D eigenvalue weighted by atomic mass is 10.1. The van der Waals surface area contributed by atoms with E-state index in [0.29, 0.717) is 29.7 Å². The molecule has 0 radical (unpaired) electrons. The molecule has 2 aromatic heterocycles. The molecule has 0 amide bonds. The van der Waals surface area contributed by atoms with Crippen LogP contribution < -0.4 is 5.32 Å². The lowest BCUT2D eigenvalue weighted by Crippen LogP contribution is -2.27. The van der Waals surface area contributed by atoms with Crippen LogP contribution in [0.1, 0.15) is 16.8 Å². The number of aromatic nitrogens is 3. The van der Waals surface area contributed by atoms with Crippen molar-refractivity contribution in [1.29, 1.82) is 0 Å². The molecule has 8 heteroatoms. The van der Waals surface area contributed by atoms with E-state index in [2.05, 4.69) is 15.4 Å². The number of aryl methyl sites for hydroxylation is 1. The minimum Gasteiger partial charge on any atom is -0.478 e. The molecule has 3 N–H and O–H groups in total. The zero-order valence-electron chi connectivity index (χ0n) is 11.9. The second kappa shape index (κ2) is 6.51. The van der Waals surface area contributed by atoms with Crippen LogP contribution in [0.4, 0.5) is 5.69 Å². The molecule has 1 unspecified atom stereocenters. The zero-order chi connectivity index (χ0) is 15.4. The highest BCUT2D eigenvalue weighted by Gasteiger charge is 2.19. The molecule has 1 atom stereocenters. The van der Waals surface area contributed by atoms with E-state index in [1.807, 2.05) is 0 Å². The Balaban J connectivity index is 2.47. The Kier molecular flexibility index (Phi) is 4.71. The number of nitrogens with zero attached hydrogens (tertiary/aromatic N) is 3. The van der Waals surface area contributed by atoms with Crippen molar-refractivity contribution in [2.75, 3.05) is 25.6 Å². The van der Waals surface area contributed by atoms with Crippen LogP contribution in [0.5, 0.6) is 0 Å². The molecule has 0 bridgehead atoms. The number of aliphatic hydroxyl groups excluding tert-OH is 1. The summed E-state index contributed by atoms with van der Waals surface area (Å²) in [5.41, 5.74) is 1.09. The lowest BCUT2D eigenvalue weighted by Gasteiger charge is -2.20. The summed E-state index contributed by atoms with van der Waals surface area (Å²) in [6, 6.07) is -0.205. The van der Waals surface area contributed by atoms with Crippen molar-refractivity contribution < 1.29 is 19.7 Å². The molecule has 114 valence electrons. The fraction of sp³-hybridized carbons (Fsp3) is 0.462. The van der Waals surface area contributed by atoms with Gasteiger partial charge in [0, 0.05) is 27.0 Å². The van der Waals surface area contributed by atoms with E-state index >= 15 is 0 Å². The quantitative estimate of drug-likeness (QED) is 0.681. The van der Waals surface area contributed by atoms with E-state index in [1.165, 1.54) is 6.20 Å². The molecule has 21 heavy (non-hydrogen) atoms. The van der Waals surface area contributed by atoms with Crippen LogP contribution >= 0.6 is 0 Å². The van der Waals surface area contributed by atoms with Gasteiger partial charge in [-0.15, -0.1) is 0 Å². The number of methoxy groups -OCH3 is 1. The first-order chi connectivity index (χ1) is 10.1. The molecule has 2 aromatic rings. The average Bonchev–Trinajstić information content (AvgIpc) is 2.81. The summed E-state index contributed by atoms with van der Waals surface area (Å²) in [6.07, 6.45) is 3.31. The molecule has 8 nitrogen and oxygen atoms in total. The number of rotatable bonds is 7. The first-order valence-electron chi connectivity index (χ1n) is 6.48. The molecule has 0 aromatic carbocycles. The number of carboxylic acids is 1. The van der Waals surface area contributed by atoms with Crippen LogP contribution in [-0.4, -0.2) is 57.3 Å². The lowest BCUT2D eigenvalue weighted by molar-refractivity contribution is 0.0697. The molecule has 0 fully saturated rings. The molecule has 0 aliphatic heterocycles. The molecule has 0 aliphatic rings. The predicted octanol–water partition coefficient (Wildman–Crippen LogP) is 0.476. The second-order valence-electron chi connectivity index (χ2n) is 4.67. The third-order valence-electron chi connectivity index (χ3n) is 3.19. The van der Waals surface area contributed by atoms with Gasteiger partial charge in [-0.1, -0.05) is 0 Å². The SMILES string of the molecule is COCC(CCO)Nc1c(C(=O)O)cnc2c1cnn2C. The molecule has 0 aliphatic carbocycles. The summed E-state index contributed by atoms with van der Waals surface area (Å²) in [4.78, 5) is 15.5. The van der Waals surface area contributed by atoms with Gasteiger partial charge in [-0.05, 0) is 6.42 Å². The van der Waals surface area contributed by atoms with Crippen LogP contribution in [0, 0.1) is 0 Å². The number of carboxylic acid groups (broad SMARTS) is 1. The maximum absolute atomic E-state index is 11.4. The highest BCUT2D eigenvalue weighted by molar-refractivity contribution is 6.03. The first-order valence-corrected chi connectivity index (χ1v) is 6.48. The molecular weight excluding hydrogens is 276 g/mol. The van der Waals surface area contributed by atoms with Gasteiger partial charge in [-0.25, -0.2) is 9.78 Å². The first kappa shape index (κ1) is 15.2. The third-order valence-corrected chi connectivity index (χ3v) is 3.19. The number of carbonyl (C=O) groups is 1. The van der Waals surface area contributed by atoms with E-state index in [4.69, 9.17) is 9.84 Å². The van der Waals surface area contributed by atoms with Gasteiger partial charge in [0.25, 0.3) is 0 Å². The number of nitrogens with one attached hydrogen (secondary N) is 1. The van der Waals surface area contributed by atoms with E-state index in [0.717, 1.165) is 0 Å². The summed E-state index contributed by atoms with van der Waals surface area (Å²) in [5, 5.41) is 26.3. The van der Waals surface area contributed by atoms with Gasteiger partial charge >= 0.3 is 5.97 Å². The van der Waals surface area contributed by atoms with E-state index < -0.39 is 5.97 Å². The number of anilines is 1. The fourth-order valence-corrected chi connectivity index (χ4v) is 2.17. The smallest absolute Gasteiger partial charge is 0.339 e. The summed E-state index contributed by atoms with van der Waals surface area (Å²) in [7, 11) is 3.29. The summed E-state index contributed by atoms with van der Waals surface area (Å²) in [5.74, 6) is -1.07. The Bertz CT molecular complexity index is 634. The monoisotopic (exact) mass is 294 g/mol. The van der Waals surface area contributed by atoms with E-state index in [1.54, 1.807) is 25.0 Å². The van der Waals surface area contributed by atoms with Crippen molar-refractivity contribution in [2.24, 2.45) is 7.05 Å². The number of fused-ring (bicyclic) bond motifs is 1. The van der Waals surface area contributed by atoms with Crippen LogP contribution in [-0.2, 0) is 11.8 Å². The van der Waals surface area contributed by atoms with Crippen molar-refractivity contribution in [1.82, 2.24) is 14.8 Å². The van der Waals surface area contributed by atoms with Gasteiger partial charge in [-0.3, -0.25) is 4.68 Å². The Morgan fingerprint density at radius 2 is 2.29 bits per heavy atom. The summed E-state index contributed by atoms with van der Waals surface area (Å²) < 4.78 is 6.66. The summed E-state index contributed by atoms with van der Waals surface area (Å²) in [6.45, 7) is 0.328. The number of aliphatic hydroxyl groups is 1. The van der Waals surface area contributed by atoms with Gasteiger partial charge in [-0.2, -0.15) is 5.10 Å². The van der Waals surface area contributed by atoms with Gasteiger partial charge < -0.3 is 20.3 Å². The number of hydrogen-bond donors (Lipinski definition) is 3. The zero-order valence-corrected chi connectivity index (χ0v) is 11.9. The number of aromatic carboxylic acids is 1. The van der Waals surface area contributed by atoms with Crippen molar-refractivity contribution in [2.45, 2.75) is 12.5 Å². The topological polar surface area (TPSA) is 110 Å². The van der Waals surface area contributed by atoms with Crippen molar-refractivity contribution >= 4 is 22.7 Å². The summed E-state index contributed by atoms with van der Waals surface area (Å²) >= 11 is 0. The van der Waals surface area contributed by atoms with Crippen LogP contribution in [0.15, 0.2) is 12.4 Å². The fourth-order valence-electron chi connectivity index (χ4n) is 2.17. The highest BCUT2D eigenvalue weighted by Crippen LogP contribution is 2.26. The van der Waals surface area contributed by atoms with E-state index in [9.17, 15) is 9.90 Å².